The topological polar surface area (TPSA) is 71.8 Å². The molecule has 1 aliphatic heterocycles. The van der Waals surface area contributed by atoms with Crippen LogP contribution >= 0.6 is 11.8 Å². The molecule has 6 nitrogen and oxygen atoms in total. The molecule has 0 radical (unpaired) electrons. The lowest BCUT2D eigenvalue weighted by molar-refractivity contribution is 0.679. The van der Waals surface area contributed by atoms with Gasteiger partial charge in [0.25, 0.3) is 0 Å². The Hall–Kier alpha value is -2.15. The fourth-order valence-corrected chi connectivity index (χ4v) is 3.31. The number of rotatable bonds is 2. The minimum atomic E-state index is 0.807. The first-order valence-electron chi connectivity index (χ1n) is 6.81. The summed E-state index contributed by atoms with van der Waals surface area (Å²) in [6, 6.07) is 4.18. The van der Waals surface area contributed by atoms with Crippen molar-refractivity contribution >= 4 is 28.5 Å². The Morgan fingerprint density at radius 2 is 2.10 bits per heavy atom. The zero-order valence-corrected chi connectivity index (χ0v) is 12.6. The number of hydrogen-bond acceptors (Lipinski definition) is 5. The van der Waals surface area contributed by atoms with Crippen molar-refractivity contribution < 1.29 is 0 Å². The first kappa shape index (κ1) is 12.6. The predicted molar refractivity (Wildman–Crippen MR) is 81.8 cm³/mol. The van der Waals surface area contributed by atoms with Crippen LogP contribution in [-0.4, -0.2) is 30.6 Å². The van der Waals surface area contributed by atoms with Crippen LogP contribution in [0.15, 0.2) is 33.6 Å². The van der Waals surface area contributed by atoms with Gasteiger partial charge in [0.05, 0.1) is 17.4 Å². The standard InChI is InChI=1S/C14H14N6S/c1-8-5-10-11(16-7-15-10)6-12(8)21-14-18-17-13-4-3-9(2)19-20(13)14/h5-7H,3-4H2,1-2H3,(H,15,16). The van der Waals surface area contributed by atoms with Crippen LogP contribution in [0, 0.1) is 6.92 Å². The number of imidazole rings is 1. The van der Waals surface area contributed by atoms with Crippen molar-refractivity contribution in [1.29, 1.82) is 0 Å². The minimum Gasteiger partial charge on any atom is -0.345 e. The van der Waals surface area contributed by atoms with Gasteiger partial charge in [-0.3, -0.25) is 0 Å². The van der Waals surface area contributed by atoms with Crippen LogP contribution in [0.3, 0.4) is 0 Å². The summed E-state index contributed by atoms with van der Waals surface area (Å²) in [5.74, 6) is 0.932. The molecule has 106 valence electrons. The first-order chi connectivity index (χ1) is 10.2. The van der Waals surface area contributed by atoms with Gasteiger partial charge in [-0.1, -0.05) is 0 Å². The van der Waals surface area contributed by atoms with Crippen LogP contribution < -0.4 is 0 Å². The maximum atomic E-state index is 4.55. The van der Waals surface area contributed by atoms with E-state index in [9.17, 15) is 0 Å². The molecule has 0 unspecified atom stereocenters. The van der Waals surface area contributed by atoms with Crippen molar-refractivity contribution in [2.75, 3.05) is 0 Å². The number of H-pyrrole nitrogens is 1. The molecule has 0 bridgehead atoms. The van der Waals surface area contributed by atoms with Crippen molar-refractivity contribution in [3.8, 4) is 0 Å². The van der Waals surface area contributed by atoms with Crippen molar-refractivity contribution in [2.24, 2.45) is 5.10 Å². The average Bonchev–Trinajstić information content (AvgIpc) is 3.06. The van der Waals surface area contributed by atoms with Crippen molar-refractivity contribution in [3.05, 3.63) is 29.8 Å². The summed E-state index contributed by atoms with van der Waals surface area (Å²) in [6.45, 7) is 4.13. The predicted octanol–water partition coefficient (Wildman–Crippen LogP) is 2.78. The van der Waals surface area contributed by atoms with Gasteiger partial charge in [-0.25, -0.2) is 4.98 Å². The van der Waals surface area contributed by atoms with Gasteiger partial charge < -0.3 is 4.98 Å². The Bertz CT molecular complexity index is 860. The molecule has 0 amide bonds. The fraction of sp³-hybridized carbons (Fsp3) is 0.286. The molecule has 3 heterocycles. The molecule has 0 atom stereocenters. The van der Waals surface area contributed by atoms with Gasteiger partial charge >= 0.3 is 0 Å². The number of aromatic amines is 1. The fourth-order valence-electron chi connectivity index (χ4n) is 2.41. The average molecular weight is 298 g/mol. The number of benzene rings is 1. The maximum absolute atomic E-state index is 4.55. The highest BCUT2D eigenvalue weighted by Gasteiger charge is 2.18. The Balaban J connectivity index is 1.75. The van der Waals surface area contributed by atoms with Gasteiger partial charge in [0.15, 0.2) is 5.82 Å². The number of nitrogens with zero attached hydrogens (tertiary/aromatic N) is 5. The summed E-state index contributed by atoms with van der Waals surface area (Å²) >= 11 is 1.58. The van der Waals surface area contributed by atoms with Crippen LogP contribution in [0.25, 0.3) is 11.0 Å². The zero-order valence-electron chi connectivity index (χ0n) is 11.8. The van der Waals surface area contributed by atoms with E-state index in [1.54, 1.807) is 18.1 Å². The van der Waals surface area contributed by atoms with E-state index in [1.165, 1.54) is 5.56 Å². The summed E-state index contributed by atoms with van der Waals surface area (Å²) < 4.78 is 1.86. The van der Waals surface area contributed by atoms with E-state index in [2.05, 4.69) is 44.3 Å². The molecule has 0 aliphatic carbocycles. The lowest BCUT2D eigenvalue weighted by Crippen LogP contribution is -2.11. The van der Waals surface area contributed by atoms with E-state index < -0.39 is 0 Å². The maximum Gasteiger partial charge on any atom is 0.216 e. The van der Waals surface area contributed by atoms with Crippen LogP contribution in [0.1, 0.15) is 24.7 Å². The smallest absolute Gasteiger partial charge is 0.216 e. The normalized spacial score (nSPS) is 14.3. The molecule has 1 N–H and O–H groups in total. The summed E-state index contributed by atoms with van der Waals surface area (Å²) in [5.41, 5.74) is 4.31. The Morgan fingerprint density at radius 3 is 3.00 bits per heavy atom. The highest BCUT2D eigenvalue weighted by atomic mass is 32.2. The van der Waals surface area contributed by atoms with Gasteiger partial charge in [0.2, 0.25) is 5.16 Å². The van der Waals surface area contributed by atoms with Crippen LogP contribution in [0.2, 0.25) is 0 Å². The molecule has 21 heavy (non-hydrogen) atoms. The molecule has 0 spiro atoms. The summed E-state index contributed by atoms with van der Waals surface area (Å²) in [4.78, 5) is 8.56. The van der Waals surface area contributed by atoms with E-state index in [1.807, 2.05) is 11.6 Å². The van der Waals surface area contributed by atoms with Gasteiger partial charge in [0.1, 0.15) is 0 Å². The molecular weight excluding hydrogens is 284 g/mol. The molecule has 4 rings (SSSR count). The van der Waals surface area contributed by atoms with E-state index in [-0.39, 0.29) is 0 Å². The number of aryl methyl sites for hydroxylation is 2. The number of fused-ring (bicyclic) bond motifs is 2. The zero-order chi connectivity index (χ0) is 14.4. The Labute approximate surface area is 125 Å². The minimum absolute atomic E-state index is 0.807. The largest absolute Gasteiger partial charge is 0.345 e. The molecule has 7 heteroatoms. The molecule has 0 saturated carbocycles. The third-order valence-electron chi connectivity index (χ3n) is 3.58. The molecule has 1 aromatic carbocycles. The molecular formula is C14H14N6S. The molecule has 2 aromatic heterocycles. The number of hydrogen-bond donors (Lipinski definition) is 1. The van der Waals surface area contributed by atoms with Crippen molar-refractivity contribution in [1.82, 2.24) is 24.8 Å². The monoisotopic (exact) mass is 298 g/mol. The third-order valence-corrected chi connectivity index (χ3v) is 4.67. The molecule has 1 aliphatic rings. The van der Waals surface area contributed by atoms with Crippen LogP contribution in [-0.2, 0) is 6.42 Å². The summed E-state index contributed by atoms with van der Waals surface area (Å²) in [6.07, 6.45) is 3.58. The number of aromatic nitrogens is 5. The van der Waals surface area contributed by atoms with Gasteiger partial charge in [-0.2, -0.15) is 9.78 Å². The van der Waals surface area contributed by atoms with Gasteiger partial charge in [0, 0.05) is 17.0 Å². The van der Waals surface area contributed by atoms with Crippen LogP contribution in [0.4, 0.5) is 0 Å². The lowest BCUT2D eigenvalue weighted by atomic mass is 10.2. The van der Waals surface area contributed by atoms with E-state index in [0.29, 0.717) is 0 Å². The SMILES string of the molecule is CC1=Nn2c(nnc2Sc2cc3nc[nH]c3cc2C)CC1. The Morgan fingerprint density at radius 1 is 1.19 bits per heavy atom. The summed E-state index contributed by atoms with van der Waals surface area (Å²) in [5, 5.41) is 13.9. The molecule has 3 aromatic rings. The van der Waals surface area contributed by atoms with E-state index in [0.717, 1.165) is 45.5 Å². The van der Waals surface area contributed by atoms with Gasteiger partial charge in [-0.15, -0.1) is 10.2 Å². The quantitative estimate of drug-likeness (QED) is 0.789. The first-order valence-corrected chi connectivity index (χ1v) is 7.63. The number of nitrogens with one attached hydrogen (secondary N) is 1. The second kappa shape index (κ2) is 4.70. The van der Waals surface area contributed by atoms with Crippen molar-refractivity contribution in [2.45, 2.75) is 36.7 Å². The second-order valence-corrected chi connectivity index (χ2v) is 6.19. The second-order valence-electron chi connectivity index (χ2n) is 5.19. The van der Waals surface area contributed by atoms with Crippen LogP contribution in [0.5, 0.6) is 0 Å². The van der Waals surface area contributed by atoms with Crippen molar-refractivity contribution in [3.63, 3.8) is 0 Å². The van der Waals surface area contributed by atoms with E-state index in [4.69, 9.17) is 0 Å². The van der Waals surface area contributed by atoms with E-state index >= 15 is 0 Å². The lowest BCUT2D eigenvalue weighted by Gasteiger charge is -2.11. The highest BCUT2D eigenvalue weighted by Crippen LogP contribution is 2.32. The van der Waals surface area contributed by atoms with Gasteiger partial charge in [-0.05, 0) is 49.7 Å². The Kier molecular flexibility index (Phi) is 2.81. The molecule has 0 fully saturated rings. The highest BCUT2D eigenvalue weighted by molar-refractivity contribution is 7.99. The summed E-state index contributed by atoms with van der Waals surface area (Å²) in [7, 11) is 0. The third kappa shape index (κ3) is 2.13. The molecule has 0 saturated heterocycles.